The number of halogens is 2. The Balaban J connectivity index is 1.94. The van der Waals surface area contributed by atoms with Gasteiger partial charge in [-0.05, 0) is 50.6 Å². The largest absolute Gasteiger partial charge is 0.324 e. The number of para-hydroxylation sites is 1. The second-order valence-electron chi connectivity index (χ2n) is 5.95. The molecule has 0 heterocycles. The zero-order valence-corrected chi connectivity index (χ0v) is 16.8. The summed E-state index contributed by atoms with van der Waals surface area (Å²) in [7, 11) is 1.68. The van der Waals surface area contributed by atoms with E-state index in [9.17, 15) is 14.0 Å². The molecule has 144 valence electrons. The molecule has 0 fully saturated rings. The van der Waals surface area contributed by atoms with E-state index in [1.165, 1.54) is 23.9 Å². The fraction of sp³-hybridized carbons (Fsp3) is 0.263. The number of rotatable bonds is 7. The number of anilines is 2. The Morgan fingerprint density at radius 2 is 1.89 bits per heavy atom. The molecule has 0 radical (unpaired) electrons. The molecule has 1 atom stereocenters. The molecule has 8 heteroatoms. The molecule has 2 rings (SSSR count). The van der Waals surface area contributed by atoms with Crippen LogP contribution in [-0.2, 0) is 9.59 Å². The highest BCUT2D eigenvalue weighted by molar-refractivity contribution is 7.98. The summed E-state index contributed by atoms with van der Waals surface area (Å²) in [4.78, 5) is 27.3. The SMILES string of the molecule is CSc1ccccc1NC(=O)CN(C)C(C)C(=O)Nc1ccc(F)cc1Cl. The maximum atomic E-state index is 13.1. The number of likely N-dealkylation sites (N-methyl/N-ethyl adjacent to an activating group) is 1. The van der Waals surface area contributed by atoms with Crippen molar-refractivity contribution in [3.8, 4) is 0 Å². The highest BCUT2D eigenvalue weighted by Crippen LogP contribution is 2.25. The molecule has 0 saturated heterocycles. The van der Waals surface area contributed by atoms with Gasteiger partial charge in [0.2, 0.25) is 11.8 Å². The number of nitrogens with one attached hydrogen (secondary N) is 2. The van der Waals surface area contributed by atoms with Crippen molar-refractivity contribution >= 4 is 46.6 Å². The van der Waals surface area contributed by atoms with E-state index < -0.39 is 11.9 Å². The highest BCUT2D eigenvalue weighted by atomic mass is 35.5. The number of hydrogen-bond acceptors (Lipinski definition) is 4. The van der Waals surface area contributed by atoms with Crippen LogP contribution in [0.25, 0.3) is 0 Å². The van der Waals surface area contributed by atoms with E-state index in [1.807, 2.05) is 30.5 Å². The molecule has 2 N–H and O–H groups in total. The van der Waals surface area contributed by atoms with Crippen molar-refractivity contribution in [1.82, 2.24) is 4.90 Å². The van der Waals surface area contributed by atoms with Crippen molar-refractivity contribution in [1.29, 1.82) is 0 Å². The van der Waals surface area contributed by atoms with E-state index in [1.54, 1.807) is 18.9 Å². The van der Waals surface area contributed by atoms with Gasteiger partial charge in [-0.3, -0.25) is 14.5 Å². The summed E-state index contributed by atoms with van der Waals surface area (Å²) in [5.41, 5.74) is 1.06. The molecule has 0 saturated carbocycles. The summed E-state index contributed by atoms with van der Waals surface area (Å²) in [5, 5.41) is 5.62. The van der Waals surface area contributed by atoms with Gasteiger partial charge in [-0.25, -0.2) is 4.39 Å². The third-order valence-corrected chi connectivity index (χ3v) is 5.11. The molecule has 0 bridgehead atoms. The Morgan fingerprint density at radius 3 is 2.56 bits per heavy atom. The molecule has 2 aromatic carbocycles. The second kappa shape index (κ2) is 9.73. The maximum absolute atomic E-state index is 13.1. The molecule has 0 aliphatic carbocycles. The first-order chi connectivity index (χ1) is 12.8. The van der Waals surface area contributed by atoms with Gasteiger partial charge in [0.05, 0.1) is 29.0 Å². The predicted molar refractivity (Wildman–Crippen MR) is 109 cm³/mol. The number of nitrogens with zero attached hydrogens (tertiary/aromatic N) is 1. The molecule has 2 amide bonds. The van der Waals surface area contributed by atoms with Crippen molar-refractivity contribution in [2.75, 3.05) is 30.5 Å². The van der Waals surface area contributed by atoms with Gasteiger partial charge in [0.25, 0.3) is 0 Å². The minimum Gasteiger partial charge on any atom is -0.324 e. The van der Waals surface area contributed by atoms with Crippen LogP contribution >= 0.6 is 23.4 Å². The van der Waals surface area contributed by atoms with Gasteiger partial charge >= 0.3 is 0 Å². The van der Waals surface area contributed by atoms with E-state index >= 15 is 0 Å². The van der Waals surface area contributed by atoms with Gasteiger partial charge in [0.1, 0.15) is 5.82 Å². The molecule has 27 heavy (non-hydrogen) atoms. The summed E-state index contributed by atoms with van der Waals surface area (Å²) < 4.78 is 13.1. The monoisotopic (exact) mass is 409 g/mol. The van der Waals surface area contributed by atoms with Crippen LogP contribution in [0, 0.1) is 5.82 Å². The Labute approximate surface area is 167 Å². The predicted octanol–water partition coefficient (Wildman–Crippen LogP) is 4.10. The molecular weight excluding hydrogens is 389 g/mol. The Hall–Kier alpha value is -2.09. The molecule has 2 aromatic rings. The first kappa shape index (κ1) is 21.2. The molecule has 5 nitrogen and oxygen atoms in total. The fourth-order valence-electron chi connectivity index (χ4n) is 2.33. The summed E-state index contributed by atoms with van der Waals surface area (Å²) in [6.45, 7) is 1.71. The Bertz CT molecular complexity index is 834. The van der Waals surface area contributed by atoms with Gasteiger partial charge in [-0.2, -0.15) is 0 Å². The number of carbonyl (C=O) groups is 2. The smallest absolute Gasteiger partial charge is 0.241 e. The summed E-state index contributed by atoms with van der Waals surface area (Å²) in [6.07, 6.45) is 1.93. The number of amides is 2. The van der Waals surface area contributed by atoms with Crippen LogP contribution in [0.1, 0.15) is 6.92 Å². The first-order valence-electron chi connectivity index (χ1n) is 8.21. The van der Waals surface area contributed by atoms with Crippen LogP contribution < -0.4 is 10.6 Å². The van der Waals surface area contributed by atoms with Crippen LogP contribution in [-0.4, -0.2) is 42.6 Å². The second-order valence-corrected chi connectivity index (χ2v) is 7.21. The minimum atomic E-state index is -0.590. The highest BCUT2D eigenvalue weighted by Gasteiger charge is 2.21. The molecule has 1 unspecified atom stereocenters. The maximum Gasteiger partial charge on any atom is 0.241 e. The first-order valence-corrected chi connectivity index (χ1v) is 9.81. The topological polar surface area (TPSA) is 61.4 Å². The van der Waals surface area contributed by atoms with Crippen LogP contribution in [0.15, 0.2) is 47.4 Å². The lowest BCUT2D eigenvalue weighted by Gasteiger charge is -2.23. The third-order valence-electron chi connectivity index (χ3n) is 4.00. The van der Waals surface area contributed by atoms with E-state index in [4.69, 9.17) is 11.6 Å². The lowest BCUT2D eigenvalue weighted by atomic mass is 10.2. The minimum absolute atomic E-state index is 0.0362. The van der Waals surface area contributed by atoms with E-state index in [0.717, 1.165) is 16.6 Å². The lowest BCUT2D eigenvalue weighted by Crippen LogP contribution is -2.43. The quantitative estimate of drug-likeness (QED) is 0.676. The van der Waals surface area contributed by atoms with Crippen molar-refractivity contribution < 1.29 is 14.0 Å². The van der Waals surface area contributed by atoms with Crippen LogP contribution in [0.5, 0.6) is 0 Å². The molecule has 0 aliphatic heterocycles. The van der Waals surface area contributed by atoms with Crippen LogP contribution in [0.3, 0.4) is 0 Å². The average molecular weight is 410 g/mol. The summed E-state index contributed by atoms with van der Waals surface area (Å²) >= 11 is 7.47. The number of carbonyl (C=O) groups excluding carboxylic acids is 2. The van der Waals surface area contributed by atoms with Gasteiger partial charge in [0, 0.05) is 4.90 Å². The Morgan fingerprint density at radius 1 is 1.19 bits per heavy atom. The summed E-state index contributed by atoms with van der Waals surface area (Å²) in [6, 6.07) is 10.7. The van der Waals surface area contributed by atoms with Gasteiger partial charge < -0.3 is 10.6 Å². The van der Waals surface area contributed by atoms with Crippen molar-refractivity contribution in [3.63, 3.8) is 0 Å². The summed E-state index contributed by atoms with van der Waals surface area (Å²) in [5.74, 6) is -1.05. The Kier molecular flexibility index (Phi) is 7.65. The number of benzene rings is 2. The molecule has 0 aliphatic rings. The normalized spacial score (nSPS) is 11.9. The van der Waals surface area contributed by atoms with E-state index in [-0.39, 0.29) is 23.4 Å². The fourth-order valence-corrected chi connectivity index (χ4v) is 3.10. The van der Waals surface area contributed by atoms with Gasteiger partial charge in [0.15, 0.2) is 0 Å². The zero-order valence-electron chi connectivity index (χ0n) is 15.3. The van der Waals surface area contributed by atoms with E-state index in [0.29, 0.717) is 5.69 Å². The molecule has 0 aromatic heterocycles. The zero-order chi connectivity index (χ0) is 20.0. The lowest BCUT2D eigenvalue weighted by molar-refractivity contribution is -0.122. The van der Waals surface area contributed by atoms with Crippen molar-refractivity contribution in [3.05, 3.63) is 53.3 Å². The van der Waals surface area contributed by atoms with E-state index in [2.05, 4.69) is 10.6 Å². The molecule has 0 spiro atoms. The number of hydrogen-bond donors (Lipinski definition) is 2. The van der Waals surface area contributed by atoms with Crippen molar-refractivity contribution in [2.24, 2.45) is 0 Å². The van der Waals surface area contributed by atoms with Gasteiger partial charge in [-0.15, -0.1) is 11.8 Å². The van der Waals surface area contributed by atoms with Crippen LogP contribution in [0.2, 0.25) is 5.02 Å². The van der Waals surface area contributed by atoms with Crippen LogP contribution in [0.4, 0.5) is 15.8 Å². The third kappa shape index (κ3) is 5.95. The molecular formula is C19H21ClFN3O2S. The standard InChI is InChI=1S/C19H21ClFN3O2S/c1-12(19(26)23-15-9-8-13(21)10-14(15)20)24(2)11-18(25)22-16-6-4-5-7-17(16)27-3/h4-10,12H,11H2,1-3H3,(H,22,25)(H,23,26). The average Bonchev–Trinajstić information content (AvgIpc) is 2.63. The van der Waals surface area contributed by atoms with Gasteiger partial charge in [-0.1, -0.05) is 23.7 Å². The van der Waals surface area contributed by atoms with Crippen molar-refractivity contribution in [2.45, 2.75) is 17.9 Å². The number of thioether (sulfide) groups is 1.